The first kappa shape index (κ1) is 14.2. The number of ether oxygens (including phenoxy) is 2. The minimum atomic E-state index is 0.569. The highest BCUT2D eigenvalue weighted by Gasteiger charge is 2.16. The predicted octanol–water partition coefficient (Wildman–Crippen LogP) is 1.86. The molecule has 0 atom stereocenters. The van der Waals surface area contributed by atoms with E-state index in [9.17, 15) is 0 Å². The first-order valence-electron chi connectivity index (χ1n) is 6.88. The second-order valence-electron chi connectivity index (χ2n) is 4.89. The van der Waals surface area contributed by atoms with Crippen LogP contribution >= 0.6 is 11.6 Å². The van der Waals surface area contributed by atoms with E-state index in [4.69, 9.17) is 21.1 Å². The molecule has 7 heteroatoms. The summed E-state index contributed by atoms with van der Waals surface area (Å²) in [4.78, 5) is 0. The third-order valence-electron chi connectivity index (χ3n) is 3.15. The molecule has 2 heterocycles. The number of hydrogen-bond donors (Lipinski definition) is 1. The van der Waals surface area contributed by atoms with Crippen molar-refractivity contribution < 1.29 is 9.47 Å². The zero-order valence-corrected chi connectivity index (χ0v) is 12.6. The lowest BCUT2D eigenvalue weighted by Gasteiger charge is -2.11. The van der Waals surface area contributed by atoms with Crippen LogP contribution in [0.4, 0.5) is 0 Å². The van der Waals surface area contributed by atoms with Gasteiger partial charge in [0, 0.05) is 13.0 Å². The van der Waals surface area contributed by atoms with Gasteiger partial charge in [-0.2, -0.15) is 0 Å². The lowest BCUT2D eigenvalue weighted by atomic mass is 10.2. The average molecular weight is 309 g/mol. The molecule has 112 valence electrons. The zero-order chi connectivity index (χ0) is 14.7. The van der Waals surface area contributed by atoms with Gasteiger partial charge < -0.3 is 14.8 Å². The van der Waals surface area contributed by atoms with Crippen LogP contribution in [0, 0.1) is 0 Å². The Labute approximate surface area is 128 Å². The van der Waals surface area contributed by atoms with Crippen molar-refractivity contribution in [1.29, 1.82) is 0 Å². The number of aromatic nitrogens is 3. The van der Waals surface area contributed by atoms with Gasteiger partial charge in [0.1, 0.15) is 0 Å². The second kappa shape index (κ2) is 6.32. The van der Waals surface area contributed by atoms with E-state index >= 15 is 0 Å². The van der Waals surface area contributed by atoms with Crippen LogP contribution in [-0.2, 0) is 13.1 Å². The molecule has 0 saturated carbocycles. The minimum absolute atomic E-state index is 0.569. The Balaban J connectivity index is 1.81. The van der Waals surface area contributed by atoms with E-state index in [2.05, 4.69) is 15.6 Å². The molecule has 1 aromatic heterocycles. The van der Waals surface area contributed by atoms with E-state index in [1.807, 2.05) is 25.4 Å². The highest BCUT2D eigenvalue weighted by molar-refractivity contribution is 6.32. The zero-order valence-electron chi connectivity index (χ0n) is 11.8. The summed E-state index contributed by atoms with van der Waals surface area (Å²) < 4.78 is 13.1. The number of rotatable bonds is 4. The minimum Gasteiger partial charge on any atom is -0.489 e. The van der Waals surface area contributed by atoms with Gasteiger partial charge in [0.05, 0.1) is 36.7 Å². The molecule has 0 unspecified atom stereocenters. The Kier molecular flexibility index (Phi) is 4.26. The molecule has 2 aromatic rings. The van der Waals surface area contributed by atoms with Gasteiger partial charge in [-0.25, -0.2) is 4.68 Å². The number of fused-ring (bicyclic) bond motifs is 1. The molecule has 0 spiro atoms. The van der Waals surface area contributed by atoms with Crippen LogP contribution < -0.4 is 14.8 Å². The molecular formula is C14H17ClN4O2. The van der Waals surface area contributed by atoms with Crippen molar-refractivity contribution in [2.24, 2.45) is 0 Å². The highest BCUT2D eigenvalue weighted by Crippen LogP contribution is 2.38. The van der Waals surface area contributed by atoms with Gasteiger partial charge >= 0.3 is 0 Å². The topological polar surface area (TPSA) is 61.2 Å². The van der Waals surface area contributed by atoms with Gasteiger partial charge in [0.25, 0.3) is 0 Å². The summed E-state index contributed by atoms with van der Waals surface area (Å²) in [6.07, 6.45) is 2.77. The largest absolute Gasteiger partial charge is 0.489 e. The summed E-state index contributed by atoms with van der Waals surface area (Å²) in [6.45, 7) is 2.56. The summed E-state index contributed by atoms with van der Waals surface area (Å²) in [5.74, 6) is 1.33. The fraction of sp³-hybridized carbons (Fsp3) is 0.429. The van der Waals surface area contributed by atoms with E-state index in [1.165, 1.54) is 0 Å². The highest BCUT2D eigenvalue weighted by atomic mass is 35.5. The van der Waals surface area contributed by atoms with E-state index < -0.39 is 0 Å². The number of hydrogen-bond acceptors (Lipinski definition) is 5. The summed E-state index contributed by atoms with van der Waals surface area (Å²) in [5.41, 5.74) is 1.91. The first-order valence-corrected chi connectivity index (χ1v) is 7.25. The van der Waals surface area contributed by atoms with Crippen LogP contribution in [0.25, 0.3) is 0 Å². The quantitative estimate of drug-likeness (QED) is 0.934. The monoisotopic (exact) mass is 308 g/mol. The lowest BCUT2D eigenvalue weighted by Crippen LogP contribution is -2.05. The normalized spacial score (nSPS) is 14.0. The Morgan fingerprint density at radius 3 is 3.05 bits per heavy atom. The van der Waals surface area contributed by atoms with E-state index in [-0.39, 0.29) is 0 Å². The van der Waals surface area contributed by atoms with Crippen LogP contribution in [0.1, 0.15) is 17.7 Å². The first-order chi connectivity index (χ1) is 10.3. The third-order valence-corrected chi connectivity index (χ3v) is 3.43. The maximum atomic E-state index is 6.28. The second-order valence-corrected chi connectivity index (χ2v) is 5.30. The molecule has 1 aliphatic heterocycles. The Bertz CT molecular complexity index is 629. The van der Waals surface area contributed by atoms with Crippen LogP contribution in [0.5, 0.6) is 11.5 Å². The van der Waals surface area contributed by atoms with E-state index in [0.717, 1.165) is 17.7 Å². The molecule has 0 saturated heterocycles. The smallest absolute Gasteiger partial charge is 0.179 e. The maximum Gasteiger partial charge on any atom is 0.179 e. The number of halogens is 1. The summed E-state index contributed by atoms with van der Waals surface area (Å²) >= 11 is 6.28. The van der Waals surface area contributed by atoms with Gasteiger partial charge in [-0.3, -0.25) is 0 Å². The molecular weight excluding hydrogens is 292 g/mol. The Hall–Kier alpha value is -1.79. The number of nitrogens with one attached hydrogen (secondary N) is 1. The Morgan fingerprint density at radius 1 is 1.33 bits per heavy atom. The summed E-state index contributed by atoms with van der Waals surface area (Å²) in [5, 5.41) is 11.8. The van der Waals surface area contributed by atoms with Crippen molar-refractivity contribution in [1.82, 2.24) is 20.3 Å². The molecule has 1 aromatic carbocycles. The van der Waals surface area contributed by atoms with E-state index in [0.29, 0.717) is 42.8 Å². The molecule has 3 rings (SSSR count). The molecule has 21 heavy (non-hydrogen) atoms. The lowest BCUT2D eigenvalue weighted by molar-refractivity contribution is 0.297. The summed E-state index contributed by atoms with van der Waals surface area (Å²) in [7, 11) is 1.88. The fourth-order valence-corrected chi connectivity index (χ4v) is 2.53. The molecule has 1 aliphatic rings. The van der Waals surface area contributed by atoms with Crippen molar-refractivity contribution in [2.45, 2.75) is 19.5 Å². The number of nitrogens with zero attached hydrogens (tertiary/aromatic N) is 3. The molecule has 0 fully saturated rings. The standard InChI is InChI=1S/C14H17ClN4O2/c1-16-7-11-9-19(18-17-11)8-10-5-12(15)14-13(6-10)20-3-2-4-21-14/h5-6,9,16H,2-4,7-8H2,1H3. The van der Waals surface area contributed by atoms with Crippen molar-refractivity contribution in [3.63, 3.8) is 0 Å². The van der Waals surface area contributed by atoms with Gasteiger partial charge in [-0.15, -0.1) is 5.10 Å². The van der Waals surface area contributed by atoms with Gasteiger partial charge in [-0.05, 0) is 24.7 Å². The number of benzene rings is 1. The van der Waals surface area contributed by atoms with Crippen LogP contribution in [0.3, 0.4) is 0 Å². The molecule has 6 nitrogen and oxygen atoms in total. The van der Waals surface area contributed by atoms with E-state index in [1.54, 1.807) is 4.68 Å². The molecule has 0 aliphatic carbocycles. The summed E-state index contributed by atoms with van der Waals surface area (Å²) in [6, 6.07) is 3.83. The molecule has 0 radical (unpaired) electrons. The van der Waals surface area contributed by atoms with Crippen LogP contribution in [0.15, 0.2) is 18.3 Å². The van der Waals surface area contributed by atoms with Crippen molar-refractivity contribution in [2.75, 3.05) is 20.3 Å². The molecule has 1 N–H and O–H groups in total. The predicted molar refractivity (Wildman–Crippen MR) is 78.9 cm³/mol. The van der Waals surface area contributed by atoms with Crippen LogP contribution in [0.2, 0.25) is 5.02 Å². The fourth-order valence-electron chi connectivity index (χ4n) is 2.24. The Morgan fingerprint density at radius 2 is 2.19 bits per heavy atom. The van der Waals surface area contributed by atoms with Crippen LogP contribution in [-0.4, -0.2) is 35.3 Å². The maximum absolute atomic E-state index is 6.28. The van der Waals surface area contributed by atoms with Crippen molar-refractivity contribution in [3.8, 4) is 11.5 Å². The molecule has 0 bridgehead atoms. The SMILES string of the molecule is CNCc1cn(Cc2cc(Cl)c3c(c2)OCCCO3)nn1. The van der Waals surface area contributed by atoms with Gasteiger partial charge in [0.15, 0.2) is 11.5 Å². The van der Waals surface area contributed by atoms with Crippen molar-refractivity contribution >= 4 is 11.6 Å². The third kappa shape index (κ3) is 3.28. The van der Waals surface area contributed by atoms with Crippen molar-refractivity contribution in [3.05, 3.63) is 34.6 Å². The van der Waals surface area contributed by atoms with Gasteiger partial charge in [-0.1, -0.05) is 16.8 Å². The average Bonchev–Trinajstić information content (AvgIpc) is 2.74. The molecule has 0 amide bonds. The van der Waals surface area contributed by atoms with Gasteiger partial charge in [0.2, 0.25) is 0 Å².